The molecule has 2 fully saturated rings. The van der Waals surface area contributed by atoms with Crippen molar-refractivity contribution in [3.8, 4) is 0 Å². The van der Waals surface area contributed by atoms with Crippen LogP contribution in [-0.4, -0.2) is 49.7 Å². The van der Waals surface area contributed by atoms with Gasteiger partial charge in [0.25, 0.3) is 0 Å². The van der Waals surface area contributed by atoms with Crippen molar-refractivity contribution in [1.29, 1.82) is 0 Å². The van der Waals surface area contributed by atoms with E-state index in [4.69, 9.17) is 4.74 Å². The molecule has 2 rings (SSSR count). The molecule has 2 saturated carbocycles. The summed E-state index contributed by atoms with van der Waals surface area (Å²) in [5, 5.41) is 3.39. The largest absolute Gasteiger partial charge is 0.468 e. The number of methoxy groups -OCH3 is 1. The fourth-order valence-electron chi connectivity index (χ4n) is 2.86. The van der Waals surface area contributed by atoms with Gasteiger partial charge in [-0.15, -0.1) is 0 Å². The second kappa shape index (κ2) is 7.59. The lowest BCUT2D eigenvalue weighted by atomic mass is 9.97. The number of carbonyl (C=O) groups is 1. The molecule has 0 aromatic heterocycles. The molecule has 0 bridgehead atoms. The van der Waals surface area contributed by atoms with E-state index in [0.29, 0.717) is 0 Å². The Hall–Kier alpha value is -0.610. The van der Waals surface area contributed by atoms with Crippen LogP contribution in [0, 0.1) is 11.8 Å². The van der Waals surface area contributed by atoms with Crippen molar-refractivity contribution in [3.05, 3.63) is 0 Å². The van der Waals surface area contributed by atoms with Crippen LogP contribution in [-0.2, 0) is 9.53 Å². The summed E-state index contributed by atoms with van der Waals surface area (Å²) in [5.41, 5.74) is -0.546. The summed E-state index contributed by atoms with van der Waals surface area (Å²) in [5.74, 6) is 1.70. The van der Waals surface area contributed by atoms with Crippen molar-refractivity contribution in [2.24, 2.45) is 11.8 Å². The average molecular weight is 296 g/mol. The molecule has 2 aliphatic rings. The van der Waals surface area contributed by atoms with E-state index in [2.05, 4.69) is 17.1 Å². The monoisotopic (exact) mass is 296 g/mol. The molecule has 1 atom stereocenters. The van der Waals surface area contributed by atoms with Gasteiger partial charge in [-0.05, 0) is 63.8 Å². The first-order valence-electron chi connectivity index (χ1n) is 8.63. The fraction of sp³-hybridized carbons (Fsp3) is 0.941. The zero-order valence-corrected chi connectivity index (χ0v) is 14.0. The Bertz CT molecular complexity index is 326. The van der Waals surface area contributed by atoms with Crippen molar-refractivity contribution in [2.45, 2.75) is 57.9 Å². The topological polar surface area (TPSA) is 41.6 Å². The van der Waals surface area contributed by atoms with E-state index < -0.39 is 5.54 Å². The summed E-state index contributed by atoms with van der Waals surface area (Å²) in [6.07, 6.45) is 7.43. The van der Waals surface area contributed by atoms with Crippen molar-refractivity contribution in [2.75, 3.05) is 33.3 Å². The van der Waals surface area contributed by atoms with Crippen LogP contribution in [0.1, 0.15) is 52.4 Å². The van der Waals surface area contributed by atoms with Crippen LogP contribution in [0.4, 0.5) is 0 Å². The highest BCUT2D eigenvalue weighted by Gasteiger charge is 2.35. The molecule has 0 aliphatic heterocycles. The Labute approximate surface area is 129 Å². The number of hydrogen-bond donors (Lipinski definition) is 1. The normalized spacial score (nSPS) is 21.3. The molecule has 122 valence electrons. The fourth-order valence-corrected chi connectivity index (χ4v) is 2.86. The quantitative estimate of drug-likeness (QED) is 0.595. The molecular formula is C17H32N2O2. The van der Waals surface area contributed by atoms with Gasteiger partial charge in [0.15, 0.2) is 0 Å². The van der Waals surface area contributed by atoms with Crippen LogP contribution in [0.2, 0.25) is 0 Å². The van der Waals surface area contributed by atoms with E-state index in [1.54, 1.807) is 0 Å². The standard InChI is InChI=1S/C17H32N2O2/c1-4-10-18-17(2,16(20)21-3)9-11-19(12-14-5-6-14)13-15-7-8-15/h14-15,18H,4-13H2,1-3H3. The van der Waals surface area contributed by atoms with Crippen LogP contribution in [0.5, 0.6) is 0 Å². The van der Waals surface area contributed by atoms with Gasteiger partial charge in [-0.2, -0.15) is 0 Å². The smallest absolute Gasteiger partial charge is 0.325 e. The van der Waals surface area contributed by atoms with E-state index in [1.807, 2.05) is 6.92 Å². The van der Waals surface area contributed by atoms with E-state index in [0.717, 1.165) is 37.8 Å². The van der Waals surface area contributed by atoms with Crippen molar-refractivity contribution < 1.29 is 9.53 Å². The summed E-state index contributed by atoms with van der Waals surface area (Å²) in [7, 11) is 1.49. The molecule has 0 aromatic rings. The van der Waals surface area contributed by atoms with Crippen molar-refractivity contribution >= 4 is 5.97 Å². The van der Waals surface area contributed by atoms with Gasteiger partial charge in [0.2, 0.25) is 0 Å². The summed E-state index contributed by atoms with van der Waals surface area (Å²) in [6.45, 7) is 8.41. The summed E-state index contributed by atoms with van der Waals surface area (Å²) in [4.78, 5) is 14.7. The molecule has 0 radical (unpaired) electrons. The van der Waals surface area contributed by atoms with Gasteiger partial charge in [-0.1, -0.05) is 6.92 Å². The molecule has 2 aliphatic carbocycles. The first-order chi connectivity index (χ1) is 10.1. The Morgan fingerprint density at radius 1 is 1.24 bits per heavy atom. The summed E-state index contributed by atoms with van der Waals surface area (Å²) < 4.78 is 5.01. The maximum absolute atomic E-state index is 12.1. The molecule has 0 aromatic carbocycles. The number of ether oxygens (including phenoxy) is 1. The number of nitrogens with one attached hydrogen (secondary N) is 1. The van der Waals surface area contributed by atoms with Crippen LogP contribution >= 0.6 is 0 Å². The third-order valence-electron chi connectivity index (χ3n) is 4.76. The minimum atomic E-state index is -0.546. The average Bonchev–Trinajstić information content (AvgIpc) is 3.37. The highest BCUT2D eigenvalue weighted by atomic mass is 16.5. The van der Waals surface area contributed by atoms with Crippen molar-refractivity contribution in [3.63, 3.8) is 0 Å². The summed E-state index contributed by atoms with van der Waals surface area (Å²) in [6, 6.07) is 0. The van der Waals surface area contributed by atoms with E-state index in [-0.39, 0.29) is 5.97 Å². The maximum Gasteiger partial charge on any atom is 0.325 e. The second-order valence-electron chi connectivity index (χ2n) is 7.15. The summed E-state index contributed by atoms with van der Waals surface area (Å²) >= 11 is 0. The maximum atomic E-state index is 12.1. The molecule has 4 heteroatoms. The lowest BCUT2D eigenvalue weighted by Crippen LogP contribution is -2.52. The van der Waals surface area contributed by atoms with Crippen LogP contribution in [0.25, 0.3) is 0 Å². The van der Waals surface area contributed by atoms with E-state index in [1.165, 1.54) is 45.9 Å². The Morgan fingerprint density at radius 3 is 2.24 bits per heavy atom. The SMILES string of the molecule is CCCNC(C)(CCN(CC1CC1)CC1CC1)C(=O)OC. The lowest BCUT2D eigenvalue weighted by Gasteiger charge is -2.31. The van der Waals surface area contributed by atoms with Gasteiger partial charge < -0.3 is 15.0 Å². The molecule has 0 saturated heterocycles. The molecule has 1 unspecified atom stereocenters. The molecule has 0 spiro atoms. The van der Waals surface area contributed by atoms with Crippen LogP contribution < -0.4 is 5.32 Å². The lowest BCUT2D eigenvalue weighted by molar-refractivity contribution is -0.148. The molecule has 1 N–H and O–H groups in total. The number of esters is 1. The first kappa shape index (κ1) is 16.8. The molecular weight excluding hydrogens is 264 g/mol. The zero-order valence-electron chi connectivity index (χ0n) is 14.0. The predicted molar refractivity (Wildman–Crippen MR) is 85.2 cm³/mol. The second-order valence-corrected chi connectivity index (χ2v) is 7.15. The predicted octanol–water partition coefficient (Wildman–Crippen LogP) is 2.43. The van der Waals surface area contributed by atoms with Gasteiger partial charge >= 0.3 is 5.97 Å². The molecule has 4 nitrogen and oxygen atoms in total. The number of carbonyl (C=O) groups excluding carboxylic acids is 1. The third kappa shape index (κ3) is 5.59. The van der Waals surface area contributed by atoms with Crippen molar-refractivity contribution in [1.82, 2.24) is 10.2 Å². The van der Waals surface area contributed by atoms with Crippen LogP contribution in [0.15, 0.2) is 0 Å². The van der Waals surface area contributed by atoms with Gasteiger partial charge in [0.1, 0.15) is 5.54 Å². The van der Waals surface area contributed by atoms with Gasteiger partial charge in [-0.3, -0.25) is 4.79 Å². The Kier molecular flexibility index (Phi) is 6.06. The van der Waals surface area contributed by atoms with Crippen LogP contribution in [0.3, 0.4) is 0 Å². The zero-order chi connectivity index (χ0) is 15.3. The van der Waals surface area contributed by atoms with Gasteiger partial charge in [0.05, 0.1) is 7.11 Å². The van der Waals surface area contributed by atoms with E-state index in [9.17, 15) is 4.79 Å². The number of rotatable bonds is 11. The van der Waals surface area contributed by atoms with E-state index >= 15 is 0 Å². The Balaban J connectivity index is 1.85. The highest BCUT2D eigenvalue weighted by molar-refractivity contribution is 5.80. The molecule has 0 heterocycles. The van der Waals surface area contributed by atoms with Gasteiger partial charge in [-0.25, -0.2) is 0 Å². The minimum absolute atomic E-state index is 0.131. The third-order valence-corrected chi connectivity index (χ3v) is 4.76. The van der Waals surface area contributed by atoms with Gasteiger partial charge in [0, 0.05) is 19.6 Å². The molecule has 21 heavy (non-hydrogen) atoms. The Morgan fingerprint density at radius 2 is 1.81 bits per heavy atom. The molecule has 0 amide bonds. The number of nitrogens with zero attached hydrogens (tertiary/aromatic N) is 1. The minimum Gasteiger partial charge on any atom is -0.468 e. The highest BCUT2D eigenvalue weighted by Crippen LogP contribution is 2.34. The first-order valence-corrected chi connectivity index (χ1v) is 8.63. The number of hydrogen-bond acceptors (Lipinski definition) is 4.